The van der Waals surface area contributed by atoms with E-state index in [1.807, 2.05) is 13.8 Å². The lowest BCUT2D eigenvalue weighted by atomic mass is 9.98. The molecule has 9 heteroatoms. The van der Waals surface area contributed by atoms with Crippen LogP contribution in [0.4, 0.5) is 0 Å². The lowest BCUT2D eigenvalue weighted by Gasteiger charge is -2.27. The van der Waals surface area contributed by atoms with Crippen LogP contribution in [0.15, 0.2) is 0 Å². The lowest BCUT2D eigenvalue weighted by Crippen LogP contribution is -2.56. The summed E-state index contributed by atoms with van der Waals surface area (Å²) >= 11 is 0. The second-order valence-corrected chi connectivity index (χ2v) is 9.97. The van der Waals surface area contributed by atoms with E-state index in [0.717, 1.165) is 25.2 Å². The third-order valence-electron chi connectivity index (χ3n) is 6.52. The summed E-state index contributed by atoms with van der Waals surface area (Å²) in [7, 11) is 0. The predicted molar refractivity (Wildman–Crippen MR) is 134 cm³/mol. The third-order valence-corrected chi connectivity index (χ3v) is 6.52. The van der Waals surface area contributed by atoms with Gasteiger partial charge in [0, 0.05) is 12.5 Å². The number of hydrogen-bond acceptors (Lipinski definition) is 5. The Kier molecular flexibility index (Phi) is 14.5. The van der Waals surface area contributed by atoms with Gasteiger partial charge in [-0.2, -0.15) is 0 Å². The van der Waals surface area contributed by atoms with Gasteiger partial charge in [0.05, 0.1) is 6.54 Å². The molecule has 1 rings (SSSR count). The highest BCUT2D eigenvalue weighted by Gasteiger charge is 2.30. The number of nitrogens with one attached hydrogen (secondary N) is 4. The van der Waals surface area contributed by atoms with E-state index in [2.05, 4.69) is 35.1 Å². The van der Waals surface area contributed by atoms with Crippen LogP contribution in [0.25, 0.3) is 0 Å². The average molecular weight is 482 g/mol. The zero-order valence-corrected chi connectivity index (χ0v) is 21.6. The molecule has 0 aromatic carbocycles. The number of rotatable bonds is 12. The molecule has 0 aliphatic carbocycles. The first-order valence-electron chi connectivity index (χ1n) is 13.0. The maximum absolute atomic E-state index is 13.1. The minimum Gasteiger partial charge on any atom is -0.351 e. The molecule has 0 saturated carbocycles. The lowest BCUT2D eigenvalue weighted by molar-refractivity contribution is -0.133. The Labute approximate surface area is 205 Å². The van der Waals surface area contributed by atoms with Crippen LogP contribution in [0.1, 0.15) is 91.9 Å². The Balaban J connectivity index is 2.85. The Hall–Kier alpha value is -2.16. The van der Waals surface area contributed by atoms with E-state index < -0.39 is 23.9 Å². The molecule has 1 aliphatic heterocycles. The van der Waals surface area contributed by atoms with Crippen LogP contribution in [0.3, 0.4) is 0 Å². The summed E-state index contributed by atoms with van der Waals surface area (Å²) in [6.07, 6.45) is 8.36. The van der Waals surface area contributed by atoms with Crippen molar-refractivity contribution in [1.29, 1.82) is 0 Å². The molecule has 0 spiro atoms. The molecule has 2 unspecified atom stereocenters. The molecule has 1 fully saturated rings. The van der Waals surface area contributed by atoms with Crippen LogP contribution >= 0.6 is 0 Å². The predicted octanol–water partition coefficient (Wildman–Crippen LogP) is 1.74. The smallest absolute Gasteiger partial charge is 0.243 e. The average Bonchev–Trinajstić information content (AvgIpc) is 2.80. The molecule has 1 heterocycles. The quantitative estimate of drug-likeness (QED) is 0.270. The van der Waals surface area contributed by atoms with E-state index in [1.54, 1.807) is 0 Å². The summed E-state index contributed by atoms with van der Waals surface area (Å²) in [5, 5.41) is 11.1. The van der Waals surface area contributed by atoms with Crippen LogP contribution in [0.2, 0.25) is 0 Å². The monoisotopic (exact) mass is 481 g/mol. The topological polar surface area (TPSA) is 142 Å². The van der Waals surface area contributed by atoms with Gasteiger partial charge >= 0.3 is 0 Å². The SMILES string of the molecule is CCC(C)CCCCCCC1CC(=O)NCC(=O)N[C@@H](CCCN)C(=O)N[C@@H](C(C)C)C(=O)N1. The second kappa shape index (κ2) is 16.5. The summed E-state index contributed by atoms with van der Waals surface area (Å²) in [6, 6.07) is -1.92. The molecule has 196 valence electrons. The van der Waals surface area contributed by atoms with Crippen LogP contribution in [0.5, 0.6) is 0 Å². The molecule has 4 atom stereocenters. The number of nitrogens with two attached hydrogens (primary N) is 1. The minimum absolute atomic E-state index is 0.0985. The molecule has 1 saturated heterocycles. The Morgan fingerprint density at radius 2 is 1.56 bits per heavy atom. The molecule has 0 bridgehead atoms. The van der Waals surface area contributed by atoms with Crippen LogP contribution in [-0.4, -0.2) is 54.8 Å². The summed E-state index contributed by atoms with van der Waals surface area (Å²) in [5.74, 6) is -0.873. The Morgan fingerprint density at radius 3 is 2.21 bits per heavy atom. The van der Waals surface area contributed by atoms with E-state index in [4.69, 9.17) is 5.73 Å². The van der Waals surface area contributed by atoms with E-state index >= 15 is 0 Å². The van der Waals surface area contributed by atoms with Crippen molar-refractivity contribution in [3.63, 3.8) is 0 Å². The number of hydrogen-bond donors (Lipinski definition) is 5. The number of unbranched alkanes of at least 4 members (excludes halogenated alkanes) is 3. The van der Waals surface area contributed by atoms with Gasteiger partial charge in [0.2, 0.25) is 23.6 Å². The maximum Gasteiger partial charge on any atom is 0.243 e. The highest BCUT2D eigenvalue weighted by atomic mass is 16.2. The van der Waals surface area contributed by atoms with E-state index in [1.165, 1.54) is 19.3 Å². The van der Waals surface area contributed by atoms with Crippen molar-refractivity contribution in [1.82, 2.24) is 21.3 Å². The maximum atomic E-state index is 13.1. The third kappa shape index (κ3) is 11.8. The van der Waals surface area contributed by atoms with Crippen LogP contribution in [-0.2, 0) is 19.2 Å². The van der Waals surface area contributed by atoms with Gasteiger partial charge in [-0.1, -0.05) is 66.2 Å². The molecular weight excluding hydrogens is 434 g/mol. The largest absolute Gasteiger partial charge is 0.351 e. The van der Waals surface area contributed by atoms with Crippen molar-refractivity contribution < 1.29 is 19.2 Å². The number of amides is 4. The number of carbonyl (C=O) groups is 4. The molecule has 4 amide bonds. The summed E-state index contributed by atoms with van der Waals surface area (Å²) in [6.45, 7) is 8.36. The fourth-order valence-electron chi connectivity index (χ4n) is 4.06. The fraction of sp³-hybridized carbons (Fsp3) is 0.840. The van der Waals surface area contributed by atoms with Crippen molar-refractivity contribution >= 4 is 23.6 Å². The van der Waals surface area contributed by atoms with Gasteiger partial charge in [-0.15, -0.1) is 0 Å². The van der Waals surface area contributed by atoms with E-state index in [-0.39, 0.29) is 36.7 Å². The summed E-state index contributed by atoms with van der Waals surface area (Å²) in [5.41, 5.74) is 5.57. The first kappa shape index (κ1) is 29.9. The summed E-state index contributed by atoms with van der Waals surface area (Å²) < 4.78 is 0. The second-order valence-electron chi connectivity index (χ2n) is 9.97. The molecule has 9 nitrogen and oxygen atoms in total. The highest BCUT2D eigenvalue weighted by molar-refractivity contribution is 5.94. The molecule has 0 aromatic rings. The Morgan fingerprint density at radius 1 is 0.853 bits per heavy atom. The van der Waals surface area contributed by atoms with Crippen molar-refractivity contribution in [3.8, 4) is 0 Å². The van der Waals surface area contributed by atoms with Gasteiger partial charge in [-0.25, -0.2) is 0 Å². The fourth-order valence-corrected chi connectivity index (χ4v) is 4.06. The van der Waals surface area contributed by atoms with Gasteiger partial charge in [0.25, 0.3) is 0 Å². The van der Waals surface area contributed by atoms with Crippen molar-refractivity contribution in [2.45, 2.75) is 110 Å². The Bertz CT molecular complexity index is 655. The zero-order chi connectivity index (χ0) is 25.5. The van der Waals surface area contributed by atoms with E-state index in [9.17, 15) is 19.2 Å². The standard InChI is InChI=1S/C25H47N5O4/c1-5-18(4)11-8-6-7-9-12-19-15-21(31)27-16-22(32)29-20(13-10-14-26)24(33)30-23(17(2)3)25(34)28-19/h17-20,23H,5-16,26H2,1-4H3,(H,27,31)(H,28,34)(H,29,32)(H,30,33)/t18?,19?,20-,23-/m0/s1. The molecular formula is C25H47N5O4. The van der Waals surface area contributed by atoms with Gasteiger partial charge in [0.15, 0.2) is 0 Å². The van der Waals surface area contributed by atoms with Crippen molar-refractivity contribution in [3.05, 3.63) is 0 Å². The first-order valence-corrected chi connectivity index (χ1v) is 13.0. The first-order chi connectivity index (χ1) is 16.2. The normalized spacial score (nSPS) is 23.6. The molecule has 6 N–H and O–H groups in total. The van der Waals surface area contributed by atoms with Gasteiger partial charge in [-0.05, 0) is 37.6 Å². The van der Waals surface area contributed by atoms with Gasteiger partial charge in [0.1, 0.15) is 12.1 Å². The van der Waals surface area contributed by atoms with Gasteiger partial charge < -0.3 is 27.0 Å². The molecule has 0 radical (unpaired) electrons. The molecule has 34 heavy (non-hydrogen) atoms. The minimum atomic E-state index is -0.811. The van der Waals surface area contributed by atoms with Crippen LogP contribution in [0, 0.1) is 11.8 Å². The van der Waals surface area contributed by atoms with Crippen molar-refractivity contribution in [2.24, 2.45) is 17.6 Å². The summed E-state index contributed by atoms with van der Waals surface area (Å²) in [4.78, 5) is 50.8. The van der Waals surface area contributed by atoms with Crippen LogP contribution < -0.4 is 27.0 Å². The van der Waals surface area contributed by atoms with Gasteiger partial charge in [-0.3, -0.25) is 19.2 Å². The zero-order valence-electron chi connectivity index (χ0n) is 21.6. The molecule has 0 aromatic heterocycles. The molecule has 1 aliphatic rings. The highest BCUT2D eigenvalue weighted by Crippen LogP contribution is 2.15. The van der Waals surface area contributed by atoms with Crippen molar-refractivity contribution in [2.75, 3.05) is 13.1 Å². The van der Waals surface area contributed by atoms with E-state index in [0.29, 0.717) is 25.8 Å². The number of carbonyl (C=O) groups excluding carboxylic acids is 4.